The van der Waals surface area contributed by atoms with Gasteiger partial charge in [0, 0.05) is 22.5 Å². The maximum Gasteiger partial charge on any atom is 0.130 e. The second-order valence-electron chi connectivity index (χ2n) is 2.87. The highest BCUT2D eigenvalue weighted by molar-refractivity contribution is 9.10. The van der Waals surface area contributed by atoms with Crippen LogP contribution in [0.2, 0.25) is 0 Å². The van der Waals surface area contributed by atoms with Crippen molar-refractivity contribution in [1.82, 2.24) is 9.59 Å². The van der Waals surface area contributed by atoms with Crippen LogP contribution in [-0.2, 0) is 6.54 Å². The van der Waals surface area contributed by atoms with E-state index in [-0.39, 0.29) is 5.82 Å². The van der Waals surface area contributed by atoms with Crippen molar-refractivity contribution in [1.29, 1.82) is 0 Å². The minimum Gasteiger partial charge on any atom is -0.370 e. The van der Waals surface area contributed by atoms with E-state index in [0.29, 0.717) is 6.54 Å². The maximum absolute atomic E-state index is 12.9. The lowest BCUT2D eigenvalue weighted by Gasteiger charge is -2.05. The number of rotatable bonds is 3. The van der Waals surface area contributed by atoms with Crippen molar-refractivity contribution in [2.24, 2.45) is 0 Å². The van der Waals surface area contributed by atoms with E-state index in [2.05, 4.69) is 30.8 Å². The van der Waals surface area contributed by atoms with Gasteiger partial charge in [-0.05, 0) is 23.8 Å². The molecule has 0 aliphatic carbocycles. The summed E-state index contributed by atoms with van der Waals surface area (Å²) in [6.07, 6.45) is 1.64. The largest absolute Gasteiger partial charge is 0.370 e. The average Bonchev–Trinajstić information content (AvgIpc) is 2.72. The number of anilines is 1. The number of halogens is 2. The minimum atomic E-state index is -0.238. The molecular formula is C9H7BrFN3S. The fourth-order valence-corrected chi connectivity index (χ4v) is 1.91. The molecule has 1 aromatic carbocycles. The van der Waals surface area contributed by atoms with Crippen LogP contribution in [0.4, 0.5) is 9.39 Å². The summed E-state index contributed by atoms with van der Waals surface area (Å²) in [5.74, 6) is -0.238. The van der Waals surface area contributed by atoms with Crippen molar-refractivity contribution in [2.75, 3.05) is 5.32 Å². The molecule has 1 heterocycles. The lowest BCUT2D eigenvalue weighted by molar-refractivity contribution is 0.625. The van der Waals surface area contributed by atoms with Crippen LogP contribution in [0.25, 0.3) is 0 Å². The first kappa shape index (κ1) is 10.5. The molecule has 15 heavy (non-hydrogen) atoms. The van der Waals surface area contributed by atoms with Gasteiger partial charge in [-0.1, -0.05) is 20.4 Å². The van der Waals surface area contributed by atoms with Gasteiger partial charge in [0.05, 0.1) is 6.20 Å². The number of aromatic nitrogens is 2. The number of hydrogen-bond donors (Lipinski definition) is 1. The van der Waals surface area contributed by atoms with Gasteiger partial charge in [0.15, 0.2) is 0 Å². The Bertz CT molecular complexity index is 447. The van der Waals surface area contributed by atoms with E-state index in [1.807, 2.05) is 0 Å². The smallest absolute Gasteiger partial charge is 0.130 e. The van der Waals surface area contributed by atoms with E-state index in [0.717, 1.165) is 15.0 Å². The summed E-state index contributed by atoms with van der Waals surface area (Å²) >= 11 is 4.63. The summed E-state index contributed by atoms with van der Waals surface area (Å²) in [4.78, 5) is 0. The fraction of sp³-hybridized carbons (Fsp3) is 0.111. The van der Waals surface area contributed by atoms with E-state index >= 15 is 0 Å². The molecule has 0 fully saturated rings. The van der Waals surface area contributed by atoms with Crippen LogP contribution in [-0.4, -0.2) is 9.59 Å². The van der Waals surface area contributed by atoms with Crippen LogP contribution in [0.3, 0.4) is 0 Å². The van der Waals surface area contributed by atoms with Gasteiger partial charge >= 0.3 is 0 Å². The average molecular weight is 288 g/mol. The Morgan fingerprint density at radius 2 is 2.33 bits per heavy atom. The van der Waals surface area contributed by atoms with Gasteiger partial charge in [0.25, 0.3) is 0 Å². The second kappa shape index (κ2) is 4.67. The summed E-state index contributed by atoms with van der Waals surface area (Å²) in [6.45, 7) is 0.544. The molecule has 0 unspecified atom stereocenters. The summed E-state index contributed by atoms with van der Waals surface area (Å²) in [5.41, 5.74) is 0.864. The van der Waals surface area contributed by atoms with Gasteiger partial charge < -0.3 is 5.32 Å². The van der Waals surface area contributed by atoms with E-state index in [1.54, 1.807) is 12.3 Å². The molecule has 0 saturated carbocycles. The van der Waals surface area contributed by atoms with Crippen LogP contribution >= 0.6 is 27.5 Å². The summed E-state index contributed by atoms with van der Waals surface area (Å²) in [5, 5.41) is 7.67. The zero-order valence-corrected chi connectivity index (χ0v) is 9.98. The first-order valence-corrected chi connectivity index (χ1v) is 5.77. The molecule has 0 atom stereocenters. The molecule has 6 heteroatoms. The molecule has 0 bridgehead atoms. The highest BCUT2D eigenvalue weighted by Gasteiger charge is 2.02. The van der Waals surface area contributed by atoms with Crippen molar-refractivity contribution in [3.8, 4) is 0 Å². The van der Waals surface area contributed by atoms with Crippen LogP contribution in [0.15, 0.2) is 28.9 Å². The van der Waals surface area contributed by atoms with Crippen LogP contribution < -0.4 is 5.32 Å². The Labute approximate surface area is 98.6 Å². The van der Waals surface area contributed by atoms with Crippen molar-refractivity contribution < 1.29 is 4.39 Å². The summed E-state index contributed by atoms with van der Waals surface area (Å²) in [6, 6.07) is 4.60. The van der Waals surface area contributed by atoms with Crippen LogP contribution in [0.1, 0.15) is 5.56 Å². The molecule has 0 saturated heterocycles. The quantitative estimate of drug-likeness (QED) is 0.943. The highest BCUT2D eigenvalue weighted by atomic mass is 79.9. The Balaban J connectivity index is 2.07. The van der Waals surface area contributed by atoms with E-state index in [1.165, 1.54) is 23.7 Å². The minimum absolute atomic E-state index is 0.238. The lowest BCUT2D eigenvalue weighted by atomic mass is 10.2. The Morgan fingerprint density at radius 3 is 3.07 bits per heavy atom. The SMILES string of the molecule is Fc1ccc(Br)c(CNc2cnns2)c1. The number of nitrogens with one attached hydrogen (secondary N) is 1. The number of benzene rings is 1. The Morgan fingerprint density at radius 1 is 1.47 bits per heavy atom. The fourth-order valence-electron chi connectivity index (χ4n) is 1.11. The van der Waals surface area contributed by atoms with Gasteiger partial charge in [0.1, 0.15) is 10.8 Å². The molecule has 0 spiro atoms. The topological polar surface area (TPSA) is 37.8 Å². The molecule has 2 aromatic rings. The van der Waals surface area contributed by atoms with Gasteiger partial charge in [-0.2, -0.15) is 0 Å². The highest BCUT2D eigenvalue weighted by Crippen LogP contribution is 2.19. The van der Waals surface area contributed by atoms with Gasteiger partial charge in [-0.3, -0.25) is 0 Å². The molecular weight excluding hydrogens is 281 g/mol. The molecule has 0 amide bonds. The van der Waals surface area contributed by atoms with Crippen molar-refractivity contribution in [3.05, 3.63) is 40.2 Å². The summed E-state index contributed by atoms with van der Waals surface area (Å²) in [7, 11) is 0. The zero-order chi connectivity index (χ0) is 10.7. The number of nitrogens with zero attached hydrogens (tertiary/aromatic N) is 2. The lowest BCUT2D eigenvalue weighted by Crippen LogP contribution is -1.99. The van der Waals surface area contributed by atoms with E-state index < -0.39 is 0 Å². The summed E-state index contributed by atoms with van der Waals surface area (Å²) < 4.78 is 17.5. The standard InChI is InChI=1S/C9H7BrFN3S/c10-8-2-1-7(11)3-6(8)4-12-9-5-13-14-15-9/h1-3,5,12H,4H2. The molecule has 3 nitrogen and oxygen atoms in total. The first-order chi connectivity index (χ1) is 7.25. The van der Waals surface area contributed by atoms with E-state index in [9.17, 15) is 4.39 Å². The third-order valence-corrected chi connectivity index (χ3v) is 3.22. The van der Waals surface area contributed by atoms with Gasteiger partial charge in [-0.15, -0.1) is 5.10 Å². The Hall–Kier alpha value is -1.01. The molecule has 0 aliphatic heterocycles. The first-order valence-electron chi connectivity index (χ1n) is 4.21. The molecule has 0 radical (unpaired) electrons. The van der Waals surface area contributed by atoms with Crippen LogP contribution in [0, 0.1) is 5.82 Å². The maximum atomic E-state index is 12.9. The van der Waals surface area contributed by atoms with Crippen LogP contribution in [0.5, 0.6) is 0 Å². The Kier molecular flexibility index (Phi) is 3.27. The predicted octanol–water partition coefficient (Wildman–Crippen LogP) is 3.05. The van der Waals surface area contributed by atoms with Crippen molar-refractivity contribution in [3.63, 3.8) is 0 Å². The van der Waals surface area contributed by atoms with E-state index in [4.69, 9.17) is 0 Å². The third-order valence-electron chi connectivity index (χ3n) is 1.82. The monoisotopic (exact) mass is 287 g/mol. The van der Waals surface area contributed by atoms with Crippen molar-refractivity contribution >= 4 is 32.5 Å². The number of hydrogen-bond acceptors (Lipinski definition) is 4. The second-order valence-corrected chi connectivity index (χ2v) is 4.51. The predicted molar refractivity (Wildman–Crippen MR) is 61.3 cm³/mol. The molecule has 78 valence electrons. The molecule has 2 rings (SSSR count). The third kappa shape index (κ3) is 2.73. The normalized spacial score (nSPS) is 10.3. The van der Waals surface area contributed by atoms with Crippen molar-refractivity contribution in [2.45, 2.75) is 6.54 Å². The molecule has 1 aromatic heterocycles. The van der Waals surface area contributed by atoms with Gasteiger partial charge in [-0.25, -0.2) is 4.39 Å². The zero-order valence-electron chi connectivity index (χ0n) is 7.58. The molecule has 0 aliphatic rings. The molecule has 1 N–H and O–H groups in total. The van der Waals surface area contributed by atoms with Gasteiger partial charge in [0.2, 0.25) is 0 Å².